The average Bonchev–Trinajstić information content (AvgIpc) is 2.46. The van der Waals surface area contributed by atoms with E-state index in [4.69, 9.17) is 16.9 Å². The molecule has 7 heteroatoms. The van der Waals surface area contributed by atoms with E-state index in [1.807, 2.05) is 6.07 Å². The lowest BCUT2D eigenvalue weighted by molar-refractivity contribution is -0.384. The zero-order valence-electron chi connectivity index (χ0n) is 10.4. The van der Waals surface area contributed by atoms with Crippen LogP contribution in [0.1, 0.15) is 5.56 Å². The molecule has 20 heavy (non-hydrogen) atoms. The number of hydrogen-bond acceptors (Lipinski definition) is 5. The van der Waals surface area contributed by atoms with Gasteiger partial charge in [0.25, 0.3) is 0 Å². The number of benzene rings is 1. The standard InChI is InChI=1S/C13H9ClN4O2/c1-17(11-4-2-9(7-15)3-5-11)13-12(18(19)20)6-10(14)8-16-13/h2-6,8H,1H3. The van der Waals surface area contributed by atoms with Gasteiger partial charge in [-0.2, -0.15) is 5.26 Å². The molecule has 2 rings (SSSR count). The highest BCUT2D eigenvalue weighted by Crippen LogP contribution is 2.32. The second-order valence-corrected chi connectivity index (χ2v) is 4.41. The molecule has 0 unspecified atom stereocenters. The van der Waals surface area contributed by atoms with E-state index >= 15 is 0 Å². The van der Waals surface area contributed by atoms with Crippen molar-refractivity contribution in [1.29, 1.82) is 5.26 Å². The Labute approximate surface area is 120 Å². The van der Waals surface area contributed by atoms with Crippen molar-refractivity contribution in [2.75, 3.05) is 11.9 Å². The van der Waals surface area contributed by atoms with E-state index in [9.17, 15) is 10.1 Å². The fourth-order valence-corrected chi connectivity index (χ4v) is 1.85. The van der Waals surface area contributed by atoms with Crippen LogP contribution in [-0.2, 0) is 0 Å². The maximum absolute atomic E-state index is 11.0. The summed E-state index contributed by atoms with van der Waals surface area (Å²) in [6, 6.07) is 9.92. The molecule has 0 aliphatic rings. The van der Waals surface area contributed by atoms with Gasteiger partial charge in [-0.15, -0.1) is 0 Å². The van der Waals surface area contributed by atoms with Gasteiger partial charge in [0.2, 0.25) is 5.82 Å². The molecular formula is C13H9ClN4O2. The van der Waals surface area contributed by atoms with Crippen molar-refractivity contribution < 1.29 is 4.92 Å². The zero-order chi connectivity index (χ0) is 14.7. The van der Waals surface area contributed by atoms with Crippen molar-refractivity contribution in [2.45, 2.75) is 0 Å². The second-order valence-electron chi connectivity index (χ2n) is 3.97. The number of nitrogens with zero attached hydrogens (tertiary/aromatic N) is 4. The Morgan fingerprint density at radius 2 is 2.05 bits per heavy atom. The van der Waals surface area contributed by atoms with E-state index in [-0.39, 0.29) is 16.5 Å². The van der Waals surface area contributed by atoms with Crippen LogP contribution in [0.2, 0.25) is 5.02 Å². The van der Waals surface area contributed by atoms with Gasteiger partial charge in [0.1, 0.15) is 0 Å². The quantitative estimate of drug-likeness (QED) is 0.639. The number of anilines is 2. The minimum atomic E-state index is -0.533. The van der Waals surface area contributed by atoms with Gasteiger partial charge in [0.15, 0.2) is 0 Å². The molecule has 0 radical (unpaired) electrons. The highest BCUT2D eigenvalue weighted by molar-refractivity contribution is 6.30. The number of hydrogen-bond donors (Lipinski definition) is 0. The third-order valence-corrected chi connectivity index (χ3v) is 2.92. The molecule has 0 saturated heterocycles. The lowest BCUT2D eigenvalue weighted by atomic mass is 10.2. The van der Waals surface area contributed by atoms with E-state index in [0.29, 0.717) is 11.3 Å². The van der Waals surface area contributed by atoms with Crippen molar-refractivity contribution in [3.63, 3.8) is 0 Å². The van der Waals surface area contributed by atoms with Gasteiger partial charge in [-0.05, 0) is 24.3 Å². The maximum Gasteiger partial charge on any atom is 0.313 e. The summed E-state index contributed by atoms with van der Waals surface area (Å²) in [6.07, 6.45) is 1.35. The van der Waals surface area contributed by atoms with E-state index < -0.39 is 4.92 Å². The highest BCUT2D eigenvalue weighted by Gasteiger charge is 2.20. The van der Waals surface area contributed by atoms with Crippen LogP contribution in [0.4, 0.5) is 17.2 Å². The second kappa shape index (κ2) is 5.55. The average molecular weight is 289 g/mol. The SMILES string of the molecule is CN(c1ccc(C#N)cc1)c1ncc(Cl)cc1[N+](=O)[O-]. The molecule has 100 valence electrons. The molecule has 0 N–H and O–H groups in total. The highest BCUT2D eigenvalue weighted by atomic mass is 35.5. The largest absolute Gasteiger partial charge is 0.324 e. The van der Waals surface area contributed by atoms with Crippen LogP contribution in [-0.4, -0.2) is 17.0 Å². The summed E-state index contributed by atoms with van der Waals surface area (Å²) in [5.74, 6) is 0.184. The summed E-state index contributed by atoms with van der Waals surface area (Å²) >= 11 is 5.73. The van der Waals surface area contributed by atoms with Crippen LogP contribution in [0, 0.1) is 21.4 Å². The number of nitriles is 1. The number of pyridine rings is 1. The van der Waals surface area contributed by atoms with Crippen molar-refractivity contribution in [1.82, 2.24) is 4.98 Å². The van der Waals surface area contributed by atoms with Crippen LogP contribution in [0.15, 0.2) is 36.5 Å². The Morgan fingerprint density at radius 1 is 1.40 bits per heavy atom. The molecule has 0 atom stereocenters. The molecule has 0 aliphatic heterocycles. The normalized spacial score (nSPS) is 9.85. The number of halogens is 1. The molecule has 0 saturated carbocycles. The maximum atomic E-state index is 11.0. The van der Waals surface area contributed by atoms with Crippen LogP contribution < -0.4 is 4.90 Å². The van der Waals surface area contributed by atoms with E-state index in [1.165, 1.54) is 12.3 Å². The predicted octanol–water partition coefficient (Wildman–Crippen LogP) is 3.28. The lowest BCUT2D eigenvalue weighted by Crippen LogP contribution is -2.13. The Balaban J connectivity index is 2.44. The van der Waals surface area contributed by atoms with Gasteiger partial charge >= 0.3 is 5.69 Å². The molecule has 2 aromatic rings. The first-order valence-corrected chi connectivity index (χ1v) is 5.94. The zero-order valence-corrected chi connectivity index (χ0v) is 11.2. The lowest BCUT2D eigenvalue weighted by Gasteiger charge is -2.18. The Bertz CT molecular complexity index is 695. The molecule has 0 bridgehead atoms. The third-order valence-electron chi connectivity index (χ3n) is 2.71. The summed E-state index contributed by atoms with van der Waals surface area (Å²) in [4.78, 5) is 16.1. The summed E-state index contributed by atoms with van der Waals surface area (Å²) in [5, 5.41) is 20.0. The smallest absolute Gasteiger partial charge is 0.313 e. The van der Waals surface area contributed by atoms with Crippen molar-refractivity contribution in [2.24, 2.45) is 0 Å². The molecule has 0 amide bonds. The Kier molecular flexibility index (Phi) is 3.82. The van der Waals surface area contributed by atoms with Gasteiger partial charge < -0.3 is 4.90 Å². The van der Waals surface area contributed by atoms with Gasteiger partial charge in [-0.25, -0.2) is 4.98 Å². The number of nitro groups is 1. The van der Waals surface area contributed by atoms with Gasteiger partial charge in [-0.1, -0.05) is 11.6 Å². The van der Waals surface area contributed by atoms with E-state index in [1.54, 1.807) is 36.2 Å². The number of rotatable bonds is 3. The molecule has 0 aliphatic carbocycles. The molecule has 1 heterocycles. The van der Waals surface area contributed by atoms with Crippen LogP contribution in [0.5, 0.6) is 0 Å². The van der Waals surface area contributed by atoms with Crippen LogP contribution in [0.3, 0.4) is 0 Å². The summed E-state index contributed by atoms with van der Waals surface area (Å²) in [7, 11) is 1.66. The number of aromatic nitrogens is 1. The molecule has 0 spiro atoms. The van der Waals surface area contributed by atoms with Crippen LogP contribution in [0.25, 0.3) is 0 Å². The molecular weight excluding hydrogens is 280 g/mol. The monoisotopic (exact) mass is 288 g/mol. The summed E-state index contributed by atoms with van der Waals surface area (Å²) in [6.45, 7) is 0. The molecule has 6 nitrogen and oxygen atoms in total. The van der Waals surface area contributed by atoms with Crippen LogP contribution >= 0.6 is 11.6 Å². The molecule has 1 aromatic carbocycles. The minimum absolute atomic E-state index is 0.177. The first-order valence-electron chi connectivity index (χ1n) is 5.56. The summed E-state index contributed by atoms with van der Waals surface area (Å²) in [5.41, 5.74) is 1.02. The van der Waals surface area contributed by atoms with Gasteiger partial charge in [-0.3, -0.25) is 10.1 Å². The fourth-order valence-electron chi connectivity index (χ4n) is 1.70. The van der Waals surface area contributed by atoms with Gasteiger partial charge in [0, 0.05) is 25.0 Å². The molecule has 0 fully saturated rings. The first kappa shape index (κ1) is 13.8. The molecule has 1 aromatic heterocycles. The van der Waals surface area contributed by atoms with Crippen molar-refractivity contribution in [3.05, 3.63) is 57.2 Å². The Morgan fingerprint density at radius 3 is 2.60 bits per heavy atom. The van der Waals surface area contributed by atoms with E-state index in [2.05, 4.69) is 4.98 Å². The van der Waals surface area contributed by atoms with Crippen molar-refractivity contribution in [3.8, 4) is 6.07 Å². The predicted molar refractivity (Wildman–Crippen MR) is 75.1 cm³/mol. The van der Waals surface area contributed by atoms with Crippen molar-refractivity contribution >= 4 is 28.8 Å². The van der Waals surface area contributed by atoms with E-state index in [0.717, 1.165) is 0 Å². The minimum Gasteiger partial charge on any atom is -0.324 e. The fraction of sp³-hybridized carbons (Fsp3) is 0.0769. The topological polar surface area (TPSA) is 83.1 Å². The van der Waals surface area contributed by atoms with Gasteiger partial charge in [0.05, 0.1) is 21.6 Å². The summed E-state index contributed by atoms with van der Waals surface area (Å²) < 4.78 is 0. The third kappa shape index (κ3) is 2.68. The Hall–Kier alpha value is -2.65. The first-order chi connectivity index (χ1) is 9.52.